The van der Waals surface area contributed by atoms with Crippen LogP contribution in [0, 0.1) is 5.92 Å². The van der Waals surface area contributed by atoms with Crippen LogP contribution in [-0.2, 0) is 16.0 Å². The number of halogens is 1. The third kappa shape index (κ3) is 6.70. The Bertz CT molecular complexity index is 649. The summed E-state index contributed by atoms with van der Waals surface area (Å²) in [7, 11) is 0. The maximum atomic E-state index is 12.3. The highest BCUT2D eigenvalue weighted by Crippen LogP contribution is 2.20. The molecule has 142 valence electrons. The summed E-state index contributed by atoms with van der Waals surface area (Å²) in [6.45, 7) is 5.93. The quantitative estimate of drug-likeness (QED) is 0.706. The molecule has 0 aliphatic rings. The van der Waals surface area contributed by atoms with Gasteiger partial charge in [-0.05, 0) is 37.0 Å². The predicted octanol–water partition coefficient (Wildman–Crippen LogP) is 4.01. The van der Waals surface area contributed by atoms with Gasteiger partial charge in [0, 0.05) is 0 Å². The van der Waals surface area contributed by atoms with Crippen LogP contribution in [0.1, 0.15) is 26.3 Å². The van der Waals surface area contributed by atoms with Crippen LogP contribution in [0.4, 0.5) is 0 Å². The Morgan fingerprint density at radius 1 is 0.962 bits per heavy atom. The minimum atomic E-state index is -0.686. The van der Waals surface area contributed by atoms with E-state index >= 15 is 0 Å². The lowest BCUT2D eigenvalue weighted by Gasteiger charge is -2.29. The lowest BCUT2D eigenvalue weighted by molar-refractivity contribution is -0.155. The molecular weight excluding hydrogens is 350 g/mol. The van der Waals surface area contributed by atoms with E-state index in [4.69, 9.17) is 15.2 Å². The Labute approximate surface area is 162 Å². The zero-order valence-corrected chi connectivity index (χ0v) is 16.3. The molecule has 0 radical (unpaired) electrons. The third-order valence-corrected chi connectivity index (χ3v) is 4.04. The molecule has 0 saturated carbocycles. The van der Waals surface area contributed by atoms with Gasteiger partial charge in [0.05, 0.1) is 0 Å². The van der Waals surface area contributed by atoms with Crippen LogP contribution in [0.5, 0.6) is 5.75 Å². The fourth-order valence-electron chi connectivity index (χ4n) is 2.72. The van der Waals surface area contributed by atoms with E-state index in [2.05, 4.69) is 0 Å². The fourth-order valence-corrected chi connectivity index (χ4v) is 2.72. The summed E-state index contributed by atoms with van der Waals surface area (Å²) < 4.78 is 11.6. The van der Waals surface area contributed by atoms with Crippen molar-refractivity contribution < 1.29 is 14.3 Å². The Balaban J connectivity index is 0.00000338. The highest BCUT2D eigenvalue weighted by molar-refractivity contribution is 5.85. The van der Waals surface area contributed by atoms with E-state index < -0.39 is 18.1 Å². The molecule has 26 heavy (non-hydrogen) atoms. The first kappa shape index (κ1) is 22.0. The molecule has 2 N–H and O–H groups in total. The summed E-state index contributed by atoms with van der Waals surface area (Å²) in [6, 6.07) is 18.6. The van der Waals surface area contributed by atoms with Crippen molar-refractivity contribution in [1.29, 1.82) is 0 Å². The second-order valence-electron chi connectivity index (χ2n) is 6.58. The number of esters is 1. The van der Waals surface area contributed by atoms with E-state index in [9.17, 15) is 4.79 Å². The molecule has 0 amide bonds. The number of carbonyl (C=O) groups is 1. The molecule has 0 aromatic heterocycles. The SMILES string of the molecule is CC(C)[C@@H](Oc1ccccc1)[C@H](C)OC(=O)[C@@H](N)Cc1ccccc1.Cl. The van der Waals surface area contributed by atoms with Crippen molar-refractivity contribution in [2.24, 2.45) is 11.7 Å². The minimum Gasteiger partial charge on any atom is -0.486 e. The van der Waals surface area contributed by atoms with Gasteiger partial charge in [-0.1, -0.05) is 62.4 Å². The summed E-state index contributed by atoms with van der Waals surface area (Å²) in [6.07, 6.45) is -0.178. The van der Waals surface area contributed by atoms with E-state index in [-0.39, 0.29) is 24.4 Å². The average Bonchev–Trinajstić information content (AvgIpc) is 2.61. The van der Waals surface area contributed by atoms with Gasteiger partial charge in [-0.25, -0.2) is 0 Å². The molecule has 0 bridgehead atoms. The second kappa shape index (κ2) is 10.8. The van der Waals surface area contributed by atoms with Gasteiger partial charge in [0.25, 0.3) is 0 Å². The van der Waals surface area contributed by atoms with E-state index in [0.717, 1.165) is 11.3 Å². The van der Waals surface area contributed by atoms with E-state index in [0.29, 0.717) is 6.42 Å². The number of para-hydroxylation sites is 1. The smallest absolute Gasteiger partial charge is 0.323 e. The lowest BCUT2D eigenvalue weighted by Crippen LogP contribution is -2.42. The van der Waals surface area contributed by atoms with Crippen molar-refractivity contribution in [3.63, 3.8) is 0 Å². The van der Waals surface area contributed by atoms with Crippen molar-refractivity contribution in [2.75, 3.05) is 0 Å². The number of hydrogen-bond donors (Lipinski definition) is 1. The molecule has 0 heterocycles. The second-order valence-corrected chi connectivity index (χ2v) is 6.58. The summed E-state index contributed by atoms with van der Waals surface area (Å²) in [5.74, 6) is 0.546. The van der Waals surface area contributed by atoms with Gasteiger partial charge in [-0.15, -0.1) is 12.4 Å². The number of hydrogen-bond acceptors (Lipinski definition) is 4. The van der Waals surface area contributed by atoms with Crippen LogP contribution in [0.25, 0.3) is 0 Å². The minimum absolute atomic E-state index is 0. The summed E-state index contributed by atoms with van der Waals surface area (Å²) >= 11 is 0. The lowest BCUT2D eigenvalue weighted by atomic mass is 10.0. The summed E-state index contributed by atoms with van der Waals surface area (Å²) in [5.41, 5.74) is 7.03. The maximum Gasteiger partial charge on any atom is 0.323 e. The summed E-state index contributed by atoms with van der Waals surface area (Å²) in [4.78, 5) is 12.3. The van der Waals surface area contributed by atoms with Gasteiger partial charge in [0.2, 0.25) is 0 Å². The van der Waals surface area contributed by atoms with Gasteiger partial charge < -0.3 is 15.2 Å². The monoisotopic (exact) mass is 377 g/mol. The molecule has 0 aliphatic carbocycles. The number of carbonyl (C=O) groups excluding carboxylic acids is 1. The molecule has 3 atom stereocenters. The highest BCUT2D eigenvalue weighted by atomic mass is 35.5. The van der Waals surface area contributed by atoms with Gasteiger partial charge >= 0.3 is 5.97 Å². The van der Waals surface area contributed by atoms with Crippen molar-refractivity contribution in [3.05, 3.63) is 66.2 Å². The van der Waals surface area contributed by atoms with Crippen molar-refractivity contribution in [2.45, 2.75) is 45.4 Å². The van der Waals surface area contributed by atoms with Crippen LogP contribution >= 0.6 is 12.4 Å². The molecule has 5 heteroatoms. The zero-order chi connectivity index (χ0) is 18.2. The standard InChI is InChI=1S/C21H27NO3.ClH/c1-15(2)20(25-18-12-8-5-9-13-18)16(3)24-21(23)19(22)14-17-10-6-4-7-11-17;/h4-13,15-16,19-20H,14,22H2,1-3H3;1H/t16-,19-,20+;/m0./s1. The topological polar surface area (TPSA) is 61.5 Å². The fraction of sp³-hybridized carbons (Fsp3) is 0.381. The summed E-state index contributed by atoms with van der Waals surface area (Å²) in [5, 5.41) is 0. The number of ether oxygens (including phenoxy) is 2. The van der Waals surface area contributed by atoms with Crippen molar-refractivity contribution in [3.8, 4) is 5.75 Å². The van der Waals surface area contributed by atoms with Crippen LogP contribution in [-0.4, -0.2) is 24.2 Å². The zero-order valence-electron chi connectivity index (χ0n) is 15.5. The van der Waals surface area contributed by atoms with Crippen LogP contribution in [0.15, 0.2) is 60.7 Å². The molecule has 0 unspecified atom stereocenters. The Hall–Kier alpha value is -2.04. The first-order chi connectivity index (χ1) is 12.0. The molecule has 2 aromatic carbocycles. The third-order valence-electron chi connectivity index (χ3n) is 4.04. The first-order valence-electron chi connectivity index (χ1n) is 8.69. The van der Waals surface area contributed by atoms with E-state index in [1.54, 1.807) is 0 Å². The number of rotatable bonds is 8. The predicted molar refractivity (Wildman–Crippen MR) is 107 cm³/mol. The molecule has 2 rings (SSSR count). The Kier molecular flexibility index (Phi) is 9.17. The maximum absolute atomic E-state index is 12.3. The molecule has 0 spiro atoms. The molecule has 0 fully saturated rings. The average molecular weight is 378 g/mol. The number of nitrogens with two attached hydrogens (primary N) is 1. The van der Waals surface area contributed by atoms with Gasteiger partial charge in [-0.3, -0.25) is 4.79 Å². The van der Waals surface area contributed by atoms with E-state index in [1.165, 1.54) is 0 Å². The van der Waals surface area contributed by atoms with Crippen molar-refractivity contribution >= 4 is 18.4 Å². The molecule has 0 aliphatic heterocycles. The highest BCUT2D eigenvalue weighted by Gasteiger charge is 2.28. The molecular formula is C21H28ClNO3. The Morgan fingerprint density at radius 2 is 1.50 bits per heavy atom. The normalized spacial score (nSPS) is 14.0. The Morgan fingerprint density at radius 3 is 2.04 bits per heavy atom. The van der Waals surface area contributed by atoms with Crippen molar-refractivity contribution in [1.82, 2.24) is 0 Å². The van der Waals surface area contributed by atoms with Crippen LogP contribution in [0.3, 0.4) is 0 Å². The van der Waals surface area contributed by atoms with Gasteiger partial charge in [-0.2, -0.15) is 0 Å². The largest absolute Gasteiger partial charge is 0.486 e. The number of benzene rings is 2. The first-order valence-corrected chi connectivity index (χ1v) is 8.69. The molecule has 4 nitrogen and oxygen atoms in total. The van der Waals surface area contributed by atoms with E-state index in [1.807, 2.05) is 81.4 Å². The molecule has 0 saturated heterocycles. The van der Waals surface area contributed by atoms with Gasteiger partial charge in [0.1, 0.15) is 24.0 Å². The van der Waals surface area contributed by atoms with Crippen LogP contribution < -0.4 is 10.5 Å². The van der Waals surface area contributed by atoms with Gasteiger partial charge in [0.15, 0.2) is 0 Å². The van der Waals surface area contributed by atoms with Crippen LogP contribution in [0.2, 0.25) is 0 Å². The molecule has 2 aromatic rings.